The summed E-state index contributed by atoms with van der Waals surface area (Å²) >= 11 is 0. The van der Waals surface area contributed by atoms with Gasteiger partial charge < -0.3 is 11.1 Å². The van der Waals surface area contributed by atoms with Gasteiger partial charge in [0.1, 0.15) is 0 Å². The van der Waals surface area contributed by atoms with Crippen LogP contribution in [-0.4, -0.2) is 18.0 Å². The molecule has 0 spiro atoms. The molecule has 0 radical (unpaired) electrons. The second kappa shape index (κ2) is 6.83. The first kappa shape index (κ1) is 12.5. The molecule has 0 saturated heterocycles. The van der Waals surface area contributed by atoms with Gasteiger partial charge in [-0.2, -0.15) is 0 Å². The van der Waals surface area contributed by atoms with Crippen molar-refractivity contribution in [3.05, 3.63) is 0 Å². The van der Waals surface area contributed by atoms with E-state index in [4.69, 9.17) is 5.73 Å². The first-order valence-corrected chi connectivity index (χ1v) is 6.29. The van der Waals surface area contributed by atoms with Crippen LogP contribution in [0.1, 0.15) is 58.3 Å². The quantitative estimate of drug-likeness (QED) is 0.684. The molecule has 0 aromatic rings. The fourth-order valence-corrected chi connectivity index (χ4v) is 2.15. The molecule has 15 heavy (non-hydrogen) atoms. The molecule has 1 aliphatic carbocycles. The van der Waals surface area contributed by atoms with Crippen molar-refractivity contribution in [3.8, 4) is 0 Å². The third kappa shape index (κ3) is 4.65. The Hall–Kier alpha value is -0.570. The van der Waals surface area contributed by atoms with Crippen LogP contribution in [0, 0.1) is 0 Å². The molecule has 88 valence electrons. The van der Waals surface area contributed by atoms with E-state index in [9.17, 15) is 4.79 Å². The zero-order valence-electron chi connectivity index (χ0n) is 9.80. The van der Waals surface area contributed by atoms with E-state index >= 15 is 0 Å². The molecule has 0 aromatic heterocycles. The third-order valence-electron chi connectivity index (χ3n) is 3.17. The summed E-state index contributed by atoms with van der Waals surface area (Å²) in [5, 5.41) is 3.06. The average Bonchev–Trinajstić information content (AvgIpc) is 2.22. The number of hydrogen-bond donors (Lipinski definition) is 2. The molecular formula is C12H24N2O. The highest BCUT2D eigenvalue weighted by molar-refractivity contribution is 5.76. The summed E-state index contributed by atoms with van der Waals surface area (Å²) < 4.78 is 0. The predicted octanol–water partition coefficient (Wildman–Crippen LogP) is 1.95. The Bertz CT molecular complexity index is 194. The van der Waals surface area contributed by atoms with Crippen LogP contribution in [0.3, 0.4) is 0 Å². The highest BCUT2D eigenvalue weighted by Crippen LogP contribution is 2.17. The number of nitrogens with two attached hydrogens (primary N) is 1. The lowest BCUT2D eigenvalue weighted by Crippen LogP contribution is -2.49. The number of rotatable bonds is 5. The van der Waals surface area contributed by atoms with Gasteiger partial charge in [-0.25, -0.2) is 0 Å². The fraction of sp³-hybridized carbons (Fsp3) is 0.917. The Kier molecular flexibility index (Phi) is 5.69. The van der Waals surface area contributed by atoms with E-state index in [2.05, 4.69) is 12.2 Å². The van der Waals surface area contributed by atoms with Gasteiger partial charge >= 0.3 is 0 Å². The summed E-state index contributed by atoms with van der Waals surface area (Å²) in [7, 11) is 0. The smallest absolute Gasteiger partial charge is 0.220 e. The molecule has 0 bridgehead atoms. The van der Waals surface area contributed by atoms with Crippen molar-refractivity contribution in [1.82, 2.24) is 5.32 Å². The number of carbonyl (C=O) groups is 1. The topological polar surface area (TPSA) is 55.1 Å². The highest BCUT2D eigenvalue weighted by atomic mass is 16.1. The van der Waals surface area contributed by atoms with Crippen LogP contribution in [0.15, 0.2) is 0 Å². The Morgan fingerprint density at radius 1 is 1.33 bits per heavy atom. The zero-order valence-corrected chi connectivity index (χ0v) is 9.80. The van der Waals surface area contributed by atoms with Gasteiger partial charge in [0.25, 0.3) is 0 Å². The van der Waals surface area contributed by atoms with Crippen LogP contribution in [0.2, 0.25) is 0 Å². The van der Waals surface area contributed by atoms with E-state index in [1.54, 1.807) is 0 Å². The first-order chi connectivity index (χ1) is 7.24. The van der Waals surface area contributed by atoms with E-state index in [0.29, 0.717) is 6.42 Å². The molecule has 0 aromatic carbocycles. The number of amides is 1. The molecule has 1 saturated carbocycles. The Labute approximate surface area is 92.8 Å². The Morgan fingerprint density at radius 2 is 2.07 bits per heavy atom. The summed E-state index contributed by atoms with van der Waals surface area (Å²) in [6, 6.07) is 0.404. The minimum atomic E-state index is 0.175. The summed E-state index contributed by atoms with van der Waals surface area (Å²) in [6.45, 7) is 2.15. The van der Waals surface area contributed by atoms with Crippen molar-refractivity contribution in [3.63, 3.8) is 0 Å². The van der Waals surface area contributed by atoms with E-state index in [-0.39, 0.29) is 18.0 Å². The second-order valence-electron chi connectivity index (χ2n) is 4.58. The van der Waals surface area contributed by atoms with Crippen LogP contribution >= 0.6 is 0 Å². The van der Waals surface area contributed by atoms with Crippen molar-refractivity contribution >= 4 is 5.91 Å². The molecule has 1 amide bonds. The maximum atomic E-state index is 11.6. The minimum absolute atomic E-state index is 0.175. The molecule has 0 aliphatic heterocycles. The third-order valence-corrected chi connectivity index (χ3v) is 3.17. The van der Waals surface area contributed by atoms with Crippen LogP contribution in [0.4, 0.5) is 0 Å². The summed E-state index contributed by atoms with van der Waals surface area (Å²) in [5.74, 6) is 0.186. The number of unbranched alkanes of at least 4 members (excludes halogenated alkanes) is 2. The average molecular weight is 212 g/mol. The van der Waals surface area contributed by atoms with E-state index in [1.165, 1.54) is 12.8 Å². The lowest BCUT2D eigenvalue weighted by Gasteiger charge is -2.29. The van der Waals surface area contributed by atoms with Crippen molar-refractivity contribution in [2.75, 3.05) is 0 Å². The molecule has 2 unspecified atom stereocenters. The molecular weight excluding hydrogens is 188 g/mol. The normalized spacial score (nSPS) is 26.3. The van der Waals surface area contributed by atoms with Gasteiger partial charge in [0.05, 0.1) is 0 Å². The van der Waals surface area contributed by atoms with E-state index in [0.717, 1.165) is 32.1 Å². The van der Waals surface area contributed by atoms with Crippen molar-refractivity contribution in [2.45, 2.75) is 70.4 Å². The predicted molar refractivity (Wildman–Crippen MR) is 62.5 cm³/mol. The van der Waals surface area contributed by atoms with Gasteiger partial charge in [0.2, 0.25) is 5.91 Å². The first-order valence-electron chi connectivity index (χ1n) is 6.29. The number of carbonyl (C=O) groups excluding carboxylic acids is 1. The number of nitrogens with one attached hydrogen (secondary N) is 1. The van der Waals surface area contributed by atoms with Crippen LogP contribution in [0.25, 0.3) is 0 Å². The van der Waals surface area contributed by atoms with Crippen molar-refractivity contribution in [1.29, 1.82) is 0 Å². The maximum Gasteiger partial charge on any atom is 0.220 e. The van der Waals surface area contributed by atoms with Crippen LogP contribution in [0.5, 0.6) is 0 Å². The lowest BCUT2D eigenvalue weighted by atomic mass is 9.91. The zero-order chi connectivity index (χ0) is 11.1. The minimum Gasteiger partial charge on any atom is -0.352 e. The molecule has 3 N–H and O–H groups in total. The molecule has 1 rings (SSSR count). The molecule has 1 aliphatic rings. The van der Waals surface area contributed by atoms with Crippen molar-refractivity contribution in [2.24, 2.45) is 5.73 Å². The van der Waals surface area contributed by atoms with Crippen molar-refractivity contribution < 1.29 is 4.79 Å². The van der Waals surface area contributed by atoms with Crippen LogP contribution in [-0.2, 0) is 4.79 Å². The standard InChI is InChI=1S/C12H24N2O/c1-2-3-4-9-12(15)14-11-8-6-5-7-10(11)13/h10-11H,2-9,13H2,1H3,(H,14,15). The highest BCUT2D eigenvalue weighted by Gasteiger charge is 2.22. The second-order valence-corrected chi connectivity index (χ2v) is 4.58. The molecule has 3 heteroatoms. The van der Waals surface area contributed by atoms with Crippen LogP contribution < -0.4 is 11.1 Å². The Morgan fingerprint density at radius 3 is 2.73 bits per heavy atom. The molecule has 1 fully saturated rings. The van der Waals surface area contributed by atoms with Gasteiger partial charge in [0.15, 0.2) is 0 Å². The van der Waals surface area contributed by atoms with Gasteiger partial charge in [-0.15, -0.1) is 0 Å². The maximum absolute atomic E-state index is 11.6. The fourth-order valence-electron chi connectivity index (χ4n) is 2.15. The van der Waals surface area contributed by atoms with Gasteiger partial charge in [0, 0.05) is 18.5 Å². The summed E-state index contributed by atoms with van der Waals surface area (Å²) in [6.07, 6.45) is 8.50. The molecule has 0 heterocycles. The lowest BCUT2D eigenvalue weighted by molar-refractivity contribution is -0.122. The van der Waals surface area contributed by atoms with E-state index < -0.39 is 0 Å². The van der Waals surface area contributed by atoms with Gasteiger partial charge in [-0.1, -0.05) is 32.6 Å². The summed E-state index contributed by atoms with van der Waals surface area (Å²) in [4.78, 5) is 11.6. The van der Waals surface area contributed by atoms with Gasteiger partial charge in [-0.3, -0.25) is 4.79 Å². The Balaban J connectivity index is 2.18. The SMILES string of the molecule is CCCCCC(=O)NC1CCCCC1N. The largest absolute Gasteiger partial charge is 0.352 e. The molecule has 3 nitrogen and oxygen atoms in total. The van der Waals surface area contributed by atoms with E-state index in [1.807, 2.05) is 0 Å². The number of hydrogen-bond acceptors (Lipinski definition) is 2. The summed E-state index contributed by atoms with van der Waals surface area (Å²) in [5.41, 5.74) is 5.97. The molecule has 2 atom stereocenters. The van der Waals surface area contributed by atoms with Gasteiger partial charge in [-0.05, 0) is 19.3 Å². The monoisotopic (exact) mass is 212 g/mol.